The van der Waals surface area contributed by atoms with Crippen LogP contribution in [-0.2, 0) is 11.2 Å². The highest BCUT2D eigenvalue weighted by Gasteiger charge is 2.19. The van der Waals surface area contributed by atoms with Gasteiger partial charge in [-0.2, -0.15) is 0 Å². The Labute approximate surface area is 135 Å². The summed E-state index contributed by atoms with van der Waals surface area (Å²) in [6.45, 7) is 0.817. The minimum absolute atomic E-state index is 0.450. The van der Waals surface area contributed by atoms with Crippen molar-refractivity contribution in [3.05, 3.63) is 29.1 Å². The molecule has 118 valence electrons. The van der Waals surface area contributed by atoms with Gasteiger partial charge in [0.25, 0.3) is 0 Å². The molecule has 1 aromatic carbocycles. The zero-order valence-corrected chi connectivity index (χ0v) is 13.9. The first kappa shape index (κ1) is 15.3. The first-order valence-electron chi connectivity index (χ1n) is 8.07. The van der Waals surface area contributed by atoms with Crippen molar-refractivity contribution < 1.29 is 9.53 Å². The second-order valence-corrected chi connectivity index (χ2v) is 6.92. The maximum Gasteiger partial charge on any atom is 0.209 e. The van der Waals surface area contributed by atoms with E-state index in [4.69, 9.17) is 4.74 Å². The molecule has 0 radical (unpaired) electrons. The van der Waals surface area contributed by atoms with E-state index >= 15 is 0 Å². The summed E-state index contributed by atoms with van der Waals surface area (Å²) in [6, 6.07) is 6.67. The van der Waals surface area contributed by atoms with E-state index in [0.29, 0.717) is 6.04 Å². The van der Waals surface area contributed by atoms with E-state index in [9.17, 15) is 4.79 Å². The second-order valence-electron chi connectivity index (χ2n) is 6.01. The highest BCUT2D eigenvalue weighted by Crippen LogP contribution is 2.30. The molecule has 4 heteroatoms. The van der Waals surface area contributed by atoms with Crippen LogP contribution in [0.4, 0.5) is 0 Å². The quantitative estimate of drug-likeness (QED) is 0.746. The molecular formula is C18H23NO2S. The van der Waals surface area contributed by atoms with Crippen LogP contribution < -0.4 is 4.74 Å². The molecule has 1 aliphatic rings. The maximum absolute atomic E-state index is 11.4. The third-order valence-corrected chi connectivity index (χ3v) is 5.69. The van der Waals surface area contributed by atoms with Crippen LogP contribution in [0.2, 0.25) is 0 Å². The third-order valence-electron chi connectivity index (χ3n) is 4.68. The third kappa shape index (κ3) is 3.27. The molecular weight excluding hydrogens is 294 g/mol. The number of hydrogen-bond donors (Lipinski definition) is 0. The largest absolute Gasteiger partial charge is 0.497 e. The normalized spacial score (nSPS) is 15.9. The summed E-state index contributed by atoms with van der Waals surface area (Å²) in [6.07, 6.45) is 8.13. The molecule has 0 atom stereocenters. The molecule has 0 bridgehead atoms. The topological polar surface area (TPSA) is 29.5 Å². The smallest absolute Gasteiger partial charge is 0.209 e. The van der Waals surface area contributed by atoms with Gasteiger partial charge >= 0.3 is 0 Å². The number of fused-ring (bicyclic) bond motifs is 1. The maximum atomic E-state index is 11.4. The van der Waals surface area contributed by atoms with Gasteiger partial charge in [-0.3, -0.25) is 4.79 Å². The van der Waals surface area contributed by atoms with E-state index in [1.165, 1.54) is 34.9 Å². The number of carbonyl (C=O) groups is 1. The average Bonchev–Trinajstić information content (AvgIpc) is 2.98. The lowest BCUT2D eigenvalue weighted by Gasteiger charge is -2.31. The van der Waals surface area contributed by atoms with E-state index in [1.54, 1.807) is 18.4 Å². The molecule has 3 rings (SSSR count). The summed E-state index contributed by atoms with van der Waals surface area (Å²) in [5.74, 6) is 0.895. The zero-order valence-electron chi connectivity index (χ0n) is 13.1. The van der Waals surface area contributed by atoms with E-state index in [2.05, 4.69) is 17.5 Å². The lowest BCUT2D eigenvalue weighted by atomic mass is 9.94. The zero-order chi connectivity index (χ0) is 15.4. The Kier molecular flexibility index (Phi) is 4.98. The molecule has 0 spiro atoms. The van der Waals surface area contributed by atoms with Crippen molar-refractivity contribution >= 4 is 27.8 Å². The molecule has 1 saturated carbocycles. The van der Waals surface area contributed by atoms with E-state index in [1.807, 2.05) is 11.0 Å². The summed E-state index contributed by atoms with van der Waals surface area (Å²) >= 11 is 1.77. The molecule has 22 heavy (non-hydrogen) atoms. The highest BCUT2D eigenvalue weighted by molar-refractivity contribution is 7.17. The van der Waals surface area contributed by atoms with Crippen LogP contribution >= 0.6 is 11.3 Å². The Bertz CT molecular complexity index is 631. The summed E-state index contributed by atoms with van der Waals surface area (Å²) in [7, 11) is 1.70. The predicted octanol–water partition coefficient (Wildman–Crippen LogP) is 4.24. The standard InChI is InChI=1S/C18H23NO2S/c1-21-16-7-8-18-17(11-16)14(12-22-18)9-10-19(13-20)15-5-3-2-4-6-15/h7-8,11-13,15H,2-6,9-10H2,1H3. The molecule has 1 aliphatic carbocycles. The number of carbonyl (C=O) groups excluding carboxylic acids is 1. The Hall–Kier alpha value is -1.55. The lowest BCUT2D eigenvalue weighted by Crippen LogP contribution is -2.37. The number of ether oxygens (including phenoxy) is 1. The highest BCUT2D eigenvalue weighted by atomic mass is 32.1. The average molecular weight is 317 g/mol. The van der Waals surface area contributed by atoms with Gasteiger partial charge < -0.3 is 9.64 Å². The molecule has 1 heterocycles. The van der Waals surface area contributed by atoms with Gasteiger partial charge in [0.1, 0.15) is 5.75 Å². The Morgan fingerprint density at radius 1 is 1.32 bits per heavy atom. The van der Waals surface area contributed by atoms with Crippen LogP contribution in [-0.4, -0.2) is 31.0 Å². The summed E-state index contributed by atoms with van der Waals surface area (Å²) in [4.78, 5) is 13.5. The van der Waals surface area contributed by atoms with Crippen LogP contribution in [0, 0.1) is 0 Å². The first-order valence-corrected chi connectivity index (χ1v) is 8.95. The van der Waals surface area contributed by atoms with Gasteiger partial charge in [0.2, 0.25) is 6.41 Å². The van der Waals surface area contributed by atoms with E-state index in [-0.39, 0.29) is 0 Å². The lowest BCUT2D eigenvalue weighted by molar-refractivity contribution is -0.120. The van der Waals surface area contributed by atoms with Crippen LogP contribution in [0.3, 0.4) is 0 Å². The van der Waals surface area contributed by atoms with Gasteiger partial charge in [0, 0.05) is 17.3 Å². The monoisotopic (exact) mass is 317 g/mol. The minimum atomic E-state index is 0.450. The number of rotatable bonds is 6. The van der Waals surface area contributed by atoms with Crippen LogP contribution in [0.15, 0.2) is 23.6 Å². The SMILES string of the molecule is COc1ccc2scc(CCN(C=O)C3CCCCC3)c2c1. The fraction of sp³-hybridized carbons (Fsp3) is 0.500. The molecule has 1 fully saturated rings. The second kappa shape index (κ2) is 7.14. The molecule has 0 aliphatic heterocycles. The minimum Gasteiger partial charge on any atom is -0.497 e. The molecule has 1 aromatic heterocycles. The molecule has 0 unspecified atom stereocenters. The fourth-order valence-electron chi connectivity index (χ4n) is 3.37. The molecule has 2 aromatic rings. The Morgan fingerprint density at radius 3 is 2.86 bits per heavy atom. The number of benzene rings is 1. The number of amides is 1. The van der Waals surface area contributed by atoms with Crippen molar-refractivity contribution in [1.82, 2.24) is 4.90 Å². The van der Waals surface area contributed by atoms with Crippen molar-refractivity contribution in [2.45, 2.75) is 44.6 Å². The fourth-order valence-corrected chi connectivity index (χ4v) is 4.34. The molecule has 0 saturated heterocycles. The van der Waals surface area contributed by atoms with Gasteiger partial charge in [0.05, 0.1) is 7.11 Å². The first-order chi connectivity index (χ1) is 10.8. The Balaban J connectivity index is 1.70. The van der Waals surface area contributed by atoms with Crippen LogP contribution in [0.25, 0.3) is 10.1 Å². The number of nitrogens with zero attached hydrogens (tertiary/aromatic N) is 1. The van der Waals surface area contributed by atoms with Gasteiger partial charge in [-0.05, 0) is 53.8 Å². The van der Waals surface area contributed by atoms with Crippen molar-refractivity contribution in [1.29, 1.82) is 0 Å². The van der Waals surface area contributed by atoms with Crippen molar-refractivity contribution in [2.75, 3.05) is 13.7 Å². The molecule has 3 nitrogen and oxygen atoms in total. The van der Waals surface area contributed by atoms with Crippen molar-refractivity contribution in [2.24, 2.45) is 0 Å². The van der Waals surface area contributed by atoms with E-state index < -0.39 is 0 Å². The summed E-state index contributed by atoms with van der Waals surface area (Å²) in [5.41, 5.74) is 1.32. The van der Waals surface area contributed by atoms with E-state index in [0.717, 1.165) is 38.0 Å². The van der Waals surface area contributed by atoms with Gasteiger partial charge in [-0.15, -0.1) is 11.3 Å². The number of hydrogen-bond acceptors (Lipinski definition) is 3. The molecule has 1 amide bonds. The summed E-state index contributed by atoms with van der Waals surface area (Å²) < 4.78 is 6.61. The van der Waals surface area contributed by atoms with Gasteiger partial charge in [-0.1, -0.05) is 19.3 Å². The number of thiophene rings is 1. The van der Waals surface area contributed by atoms with Crippen LogP contribution in [0.5, 0.6) is 5.75 Å². The Morgan fingerprint density at radius 2 is 2.14 bits per heavy atom. The van der Waals surface area contributed by atoms with Gasteiger partial charge in [-0.25, -0.2) is 0 Å². The summed E-state index contributed by atoms with van der Waals surface area (Å²) in [5, 5.41) is 3.48. The predicted molar refractivity (Wildman–Crippen MR) is 91.7 cm³/mol. The van der Waals surface area contributed by atoms with Crippen molar-refractivity contribution in [3.63, 3.8) is 0 Å². The van der Waals surface area contributed by atoms with Crippen molar-refractivity contribution in [3.8, 4) is 5.75 Å². The van der Waals surface area contributed by atoms with Gasteiger partial charge in [0.15, 0.2) is 0 Å². The molecule has 0 N–H and O–H groups in total. The number of methoxy groups -OCH3 is 1. The van der Waals surface area contributed by atoms with Crippen LogP contribution in [0.1, 0.15) is 37.7 Å².